The van der Waals surface area contributed by atoms with E-state index in [0.717, 1.165) is 18.7 Å². The molecule has 0 fully saturated rings. The summed E-state index contributed by atoms with van der Waals surface area (Å²) in [6.45, 7) is 4.83. The van der Waals surface area contributed by atoms with Crippen LogP contribution in [0, 0.1) is 6.92 Å². The Morgan fingerprint density at radius 2 is 1.95 bits per heavy atom. The number of amides is 1. The van der Waals surface area contributed by atoms with Crippen LogP contribution in [0.5, 0.6) is 0 Å². The quantitative estimate of drug-likeness (QED) is 0.939. The van der Waals surface area contributed by atoms with Gasteiger partial charge in [0.05, 0.1) is 0 Å². The van der Waals surface area contributed by atoms with E-state index < -0.39 is 0 Å². The van der Waals surface area contributed by atoms with Gasteiger partial charge in [0, 0.05) is 12.2 Å². The molecule has 2 N–H and O–H groups in total. The fourth-order valence-electron chi connectivity index (χ4n) is 2.99. The maximum Gasteiger partial charge on any atom is 0.239 e. The number of hydrogen-bond donors (Lipinski definition) is 1. The number of nitrogens with zero attached hydrogens (tertiary/aromatic N) is 1. The molecule has 3 heteroatoms. The summed E-state index contributed by atoms with van der Waals surface area (Å²) in [6, 6.07) is 14.7. The Kier molecular flexibility index (Phi) is 3.42. The number of carbonyl (C=O) groups excluding carboxylic acids is 1. The second-order valence-corrected chi connectivity index (χ2v) is 5.73. The molecule has 0 radical (unpaired) electrons. The van der Waals surface area contributed by atoms with Crippen LogP contribution >= 0.6 is 0 Å². The van der Waals surface area contributed by atoms with E-state index in [1.54, 1.807) is 0 Å². The molecule has 2 aromatic rings. The first-order valence-corrected chi connectivity index (χ1v) is 7.32. The van der Waals surface area contributed by atoms with E-state index in [4.69, 9.17) is 5.73 Å². The normalized spacial score (nSPS) is 14.9. The molecule has 2 aromatic carbocycles. The van der Waals surface area contributed by atoms with Crippen molar-refractivity contribution in [2.45, 2.75) is 26.3 Å². The fourth-order valence-corrected chi connectivity index (χ4v) is 2.99. The van der Waals surface area contributed by atoms with Crippen molar-refractivity contribution >= 4 is 11.6 Å². The van der Waals surface area contributed by atoms with Crippen LogP contribution in [0.2, 0.25) is 0 Å². The number of primary amides is 1. The number of nitrogens with two attached hydrogens (primary N) is 1. The number of carbonyl (C=O) groups is 1. The molecule has 0 saturated carbocycles. The standard InChI is InChI=1S/C18H20N2O/c1-12-4-3-5-14(10-12)15-6-7-17-16(11-15)8-9-20(17)13(2)18(19)21/h3-7,10-11,13H,8-9H2,1-2H3,(H2,19,21). The van der Waals surface area contributed by atoms with Crippen molar-refractivity contribution in [3.63, 3.8) is 0 Å². The zero-order valence-corrected chi connectivity index (χ0v) is 12.5. The van der Waals surface area contributed by atoms with E-state index in [0.29, 0.717) is 0 Å². The molecule has 3 rings (SSSR count). The van der Waals surface area contributed by atoms with E-state index >= 15 is 0 Å². The molecule has 1 amide bonds. The Hall–Kier alpha value is -2.29. The van der Waals surface area contributed by atoms with Gasteiger partial charge in [-0.05, 0) is 49.1 Å². The summed E-state index contributed by atoms with van der Waals surface area (Å²) in [5.41, 5.74) is 11.6. The molecule has 0 saturated heterocycles. The Labute approximate surface area is 125 Å². The molecule has 1 unspecified atom stereocenters. The van der Waals surface area contributed by atoms with Gasteiger partial charge in [0.1, 0.15) is 6.04 Å². The van der Waals surface area contributed by atoms with Gasteiger partial charge in [0.25, 0.3) is 0 Å². The second-order valence-electron chi connectivity index (χ2n) is 5.73. The molecule has 0 spiro atoms. The number of aryl methyl sites for hydroxylation is 1. The summed E-state index contributed by atoms with van der Waals surface area (Å²) < 4.78 is 0. The van der Waals surface area contributed by atoms with Gasteiger partial charge in [0.15, 0.2) is 0 Å². The van der Waals surface area contributed by atoms with Gasteiger partial charge >= 0.3 is 0 Å². The summed E-state index contributed by atoms with van der Waals surface area (Å²) >= 11 is 0. The summed E-state index contributed by atoms with van der Waals surface area (Å²) in [5, 5.41) is 0. The Morgan fingerprint density at radius 1 is 1.19 bits per heavy atom. The number of anilines is 1. The smallest absolute Gasteiger partial charge is 0.239 e. The molecule has 0 aliphatic carbocycles. The van der Waals surface area contributed by atoms with Gasteiger partial charge in [-0.2, -0.15) is 0 Å². The van der Waals surface area contributed by atoms with E-state index in [-0.39, 0.29) is 11.9 Å². The topological polar surface area (TPSA) is 46.3 Å². The van der Waals surface area contributed by atoms with Crippen molar-refractivity contribution in [2.24, 2.45) is 5.73 Å². The van der Waals surface area contributed by atoms with Crippen LogP contribution in [0.4, 0.5) is 5.69 Å². The van der Waals surface area contributed by atoms with Crippen LogP contribution in [-0.2, 0) is 11.2 Å². The average molecular weight is 280 g/mol. The fraction of sp³-hybridized carbons (Fsp3) is 0.278. The summed E-state index contributed by atoms with van der Waals surface area (Å²) in [7, 11) is 0. The van der Waals surface area contributed by atoms with E-state index in [1.807, 2.05) is 6.92 Å². The summed E-state index contributed by atoms with van der Waals surface area (Å²) in [5.74, 6) is -0.273. The summed E-state index contributed by atoms with van der Waals surface area (Å²) in [4.78, 5) is 13.5. The van der Waals surface area contributed by atoms with E-state index in [9.17, 15) is 4.79 Å². The first-order valence-electron chi connectivity index (χ1n) is 7.32. The lowest BCUT2D eigenvalue weighted by Crippen LogP contribution is -2.41. The van der Waals surface area contributed by atoms with Crippen molar-refractivity contribution in [3.8, 4) is 11.1 Å². The molecule has 3 nitrogen and oxygen atoms in total. The van der Waals surface area contributed by atoms with Gasteiger partial charge in [0.2, 0.25) is 5.91 Å². The van der Waals surface area contributed by atoms with Crippen LogP contribution in [0.3, 0.4) is 0 Å². The van der Waals surface area contributed by atoms with Crippen LogP contribution < -0.4 is 10.6 Å². The first-order chi connectivity index (χ1) is 10.1. The molecule has 1 atom stereocenters. The highest BCUT2D eigenvalue weighted by Crippen LogP contribution is 2.33. The molecule has 108 valence electrons. The zero-order valence-electron chi connectivity index (χ0n) is 12.5. The highest BCUT2D eigenvalue weighted by atomic mass is 16.1. The van der Waals surface area contributed by atoms with E-state index in [1.165, 1.54) is 22.3 Å². The Balaban J connectivity index is 1.95. The minimum absolute atomic E-state index is 0.254. The van der Waals surface area contributed by atoms with Gasteiger partial charge in [-0.3, -0.25) is 4.79 Å². The third-order valence-corrected chi connectivity index (χ3v) is 4.24. The van der Waals surface area contributed by atoms with E-state index in [2.05, 4.69) is 54.3 Å². The highest BCUT2D eigenvalue weighted by Gasteiger charge is 2.26. The largest absolute Gasteiger partial charge is 0.368 e. The predicted octanol–water partition coefficient (Wildman–Crippen LogP) is 2.90. The molecule has 0 bridgehead atoms. The number of benzene rings is 2. The van der Waals surface area contributed by atoms with Crippen LogP contribution in [0.1, 0.15) is 18.1 Å². The zero-order chi connectivity index (χ0) is 15.0. The van der Waals surface area contributed by atoms with Crippen LogP contribution in [0.25, 0.3) is 11.1 Å². The van der Waals surface area contributed by atoms with Crippen molar-refractivity contribution < 1.29 is 4.79 Å². The first kappa shape index (κ1) is 13.7. The third-order valence-electron chi connectivity index (χ3n) is 4.24. The van der Waals surface area contributed by atoms with Gasteiger partial charge in [-0.15, -0.1) is 0 Å². The molecule has 1 aliphatic heterocycles. The van der Waals surface area contributed by atoms with Gasteiger partial charge < -0.3 is 10.6 Å². The van der Waals surface area contributed by atoms with Crippen molar-refractivity contribution in [2.75, 3.05) is 11.4 Å². The maximum atomic E-state index is 11.4. The molecular formula is C18H20N2O. The molecule has 1 aliphatic rings. The SMILES string of the molecule is Cc1cccc(-c2ccc3c(c2)CCN3C(C)C(N)=O)c1. The highest BCUT2D eigenvalue weighted by molar-refractivity contribution is 5.84. The predicted molar refractivity (Wildman–Crippen MR) is 86.3 cm³/mol. The molecule has 1 heterocycles. The molecular weight excluding hydrogens is 260 g/mol. The second kappa shape index (κ2) is 5.24. The van der Waals surface area contributed by atoms with Crippen molar-refractivity contribution in [1.82, 2.24) is 0 Å². The van der Waals surface area contributed by atoms with Gasteiger partial charge in [-0.25, -0.2) is 0 Å². The maximum absolute atomic E-state index is 11.4. The van der Waals surface area contributed by atoms with Crippen molar-refractivity contribution in [3.05, 3.63) is 53.6 Å². The Morgan fingerprint density at radius 3 is 2.67 bits per heavy atom. The lowest BCUT2D eigenvalue weighted by atomic mass is 10.0. The minimum Gasteiger partial charge on any atom is -0.368 e. The van der Waals surface area contributed by atoms with Crippen LogP contribution in [-0.4, -0.2) is 18.5 Å². The summed E-state index contributed by atoms with van der Waals surface area (Å²) in [6.07, 6.45) is 0.965. The van der Waals surface area contributed by atoms with Gasteiger partial charge in [-0.1, -0.05) is 35.9 Å². The lowest BCUT2D eigenvalue weighted by molar-refractivity contribution is -0.118. The molecule has 21 heavy (non-hydrogen) atoms. The molecule has 0 aromatic heterocycles. The third kappa shape index (κ3) is 2.51. The minimum atomic E-state index is -0.273. The van der Waals surface area contributed by atoms with Crippen molar-refractivity contribution in [1.29, 1.82) is 0 Å². The average Bonchev–Trinajstić information content (AvgIpc) is 2.89. The lowest BCUT2D eigenvalue weighted by Gasteiger charge is -2.24. The number of rotatable bonds is 3. The number of hydrogen-bond acceptors (Lipinski definition) is 2. The Bertz CT molecular complexity index is 693. The monoisotopic (exact) mass is 280 g/mol. The number of fused-ring (bicyclic) bond motifs is 1. The van der Waals surface area contributed by atoms with Crippen LogP contribution in [0.15, 0.2) is 42.5 Å².